The third-order valence-corrected chi connectivity index (χ3v) is 6.88. The topological polar surface area (TPSA) is 154 Å². The van der Waals surface area contributed by atoms with Crippen LogP contribution in [0, 0.1) is 11.3 Å². The van der Waals surface area contributed by atoms with Gasteiger partial charge in [0.25, 0.3) is 0 Å². The fraction of sp³-hybridized carbons (Fsp3) is 0.840. The van der Waals surface area contributed by atoms with Gasteiger partial charge in [-0.05, 0) is 46.0 Å². The van der Waals surface area contributed by atoms with E-state index in [1.54, 1.807) is 13.8 Å². The van der Waals surface area contributed by atoms with Crippen molar-refractivity contribution in [3.63, 3.8) is 0 Å². The van der Waals surface area contributed by atoms with Crippen LogP contribution in [0.3, 0.4) is 0 Å². The van der Waals surface area contributed by atoms with Crippen LogP contribution in [0.1, 0.15) is 117 Å². The van der Waals surface area contributed by atoms with Crippen molar-refractivity contribution in [2.45, 2.75) is 117 Å². The molecule has 0 aromatic rings. The second kappa shape index (κ2) is 35.6. The Bertz CT molecular complexity index is 532. The number of carboxylic acid groups (broad SMARTS) is 1. The number of nitrogens with zero attached hydrogens (tertiary/aromatic N) is 1. The van der Waals surface area contributed by atoms with E-state index >= 15 is 0 Å². The number of hydrogen-bond acceptors (Lipinski definition) is 5. The van der Waals surface area contributed by atoms with Crippen LogP contribution in [0.15, 0.2) is 12.2 Å². The second-order valence-corrected chi connectivity index (χ2v) is 9.99. The molecule has 35 heavy (non-hydrogen) atoms. The van der Waals surface area contributed by atoms with Gasteiger partial charge in [-0.3, -0.25) is 9.36 Å². The minimum absolute atomic E-state index is 0. The van der Waals surface area contributed by atoms with Crippen molar-refractivity contribution in [2.75, 3.05) is 19.4 Å². The van der Waals surface area contributed by atoms with Gasteiger partial charge in [-0.1, -0.05) is 70.4 Å². The number of carboxylic acids is 1. The largest absolute Gasteiger partial charge is 4.00 e. The molecule has 1 N–H and O–H groups in total. The van der Waals surface area contributed by atoms with Gasteiger partial charge in [0.15, 0.2) is 0 Å². The van der Waals surface area contributed by atoms with Crippen molar-refractivity contribution < 1.29 is 56.2 Å². The summed E-state index contributed by atoms with van der Waals surface area (Å²) in [6.45, 7) is 6.45. The van der Waals surface area contributed by atoms with Crippen molar-refractivity contribution in [1.82, 2.24) is 0 Å². The van der Waals surface area contributed by atoms with Gasteiger partial charge >= 0.3 is 35.3 Å². The molecule has 0 aromatic carbocycles. The molecule has 0 fully saturated rings. The second-order valence-electron chi connectivity index (χ2n) is 7.81. The van der Waals surface area contributed by atoms with E-state index in [-0.39, 0.29) is 45.3 Å². The zero-order chi connectivity index (χ0) is 24.3. The predicted octanol–water partition coefficient (Wildman–Crippen LogP) is 8.03. The summed E-state index contributed by atoms with van der Waals surface area (Å²) in [5.41, 5.74) is 0. The molecule has 0 atom stereocenters. The van der Waals surface area contributed by atoms with Crippen LogP contribution in [0.2, 0.25) is 0 Å². The van der Waals surface area contributed by atoms with Crippen molar-refractivity contribution >= 4 is 13.6 Å². The molecule has 0 radical (unpaired) electrons. The number of carbonyl (C=O) groups is 1. The summed E-state index contributed by atoms with van der Waals surface area (Å²) in [6, 6.07) is 1.91. The van der Waals surface area contributed by atoms with E-state index in [0.29, 0.717) is 19.6 Å². The normalized spacial score (nSPS) is 10.2. The van der Waals surface area contributed by atoms with Gasteiger partial charge in [0.2, 0.25) is 0 Å². The first-order valence-electron chi connectivity index (χ1n) is 12.6. The zero-order valence-corrected chi connectivity index (χ0v) is 24.6. The van der Waals surface area contributed by atoms with Gasteiger partial charge in [0, 0.05) is 12.8 Å². The molecule has 0 aromatic heterocycles. The van der Waals surface area contributed by atoms with Gasteiger partial charge in [-0.25, -0.2) is 0 Å². The van der Waals surface area contributed by atoms with E-state index in [2.05, 4.69) is 19.1 Å². The first-order valence-corrected chi connectivity index (χ1v) is 14.3. The zero-order valence-electron chi connectivity index (χ0n) is 22.2. The molecule has 0 saturated carbocycles. The average molecular weight is 554 g/mol. The first kappa shape index (κ1) is 44.5. The SMILES string of the molecule is CCCCCCCC/C=C\CCCCCCCC(=O)O.CCOP(=O)(CCC#N)OCC.[O-2].[O-2].[Ti+4]. The van der Waals surface area contributed by atoms with E-state index in [9.17, 15) is 9.36 Å². The Morgan fingerprint density at radius 3 is 1.66 bits per heavy atom. The molecule has 0 spiro atoms. The summed E-state index contributed by atoms with van der Waals surface area (Å²) in [6.07, 6.45) is 21.6. The molecule has 0 aliphatic carbocycles. The molecule has 0 unspecified atom stereocenters. The summed E-state index contributed by atoms with van der Waals surface area (Å²) in [5.74, 6) is -0.664. The summed E-state index contributed by atoms with van der Waals surface area (Å²) in [4.78, 5) is 10.3. The Labute approximate surface area is 229 Å². The summed E-state index contributed by atoms with van der Waals surface area (Å²) >= 11 is 0. The maximum absolute atomic E-state index is 11.6. The molecule has 204 valence electrons. The predicted molar refractivity (Wildman–Crippen MR) is 134 cm³/mol. The summed E-state index contributed by atoms with van der Waals surface area (Å²) < 4.78 is 21.5. The Morgan fingerprint density at radius 2 is 1.26 bits per heavy atom. The van der Waals surface area contributed by atoms with Crippen LogP contribution in [-0.4, -0.2) is 30.5 Å². The number of nitriles is 1. The molecular weight excluding hydrogens is 505 g/mol. The standard InChI is InChI=1S/C18H34O2.C7H14NO3P.2O.Ti/c1-2-3-4-5-6-7-8-9-10-11-12-13-14-15-16-17-18(19)20;1-3-10-12(9,11-4-2)7-5-6-8;;;/h9-10H,2-8,11-17H2,1H3,(H,19,20);3-5,7H2,1-2H3;;;/q;;2*-2;+4/b10-9-;;;;. The van der Waals surface area contributed by atoms with Crippen molar-refractivity contribution in [3.8, 4) is 6.07 Å². The van der Waals surface area contributed by atoms with Crippen LogP contribution in [0.25, 0.3) is 0 Å². The molecule has 0 rings (SSSR count). The molecule has 0 aliphatic rings. The van der Waals surface area contributed by atoms with Crippen molar-refractivity contribution in [2.24, 2.45) is 0 Å². The van der Waals surface area contributed by atoms with Crippen molar-refractivity contribution in [1.29, 1.82) is 5.26 Å². The Hall–Kier alpha value is -0.516. The van der Waals surface area contributed by atoms with Crippen LogP contribution in [0.4, 0.5) is 0 Å². The fourth-order valence-electron chi connectivity index (χ4n) is 3.09. The van der Waals surface area contributed by atoms with Gasteiger partial charge in [0.1, 0.15) is 0 Å². The first-order chi connectivity index (χ1) is 15.5. The molecule has 0 bridgehead atoms. The van der Waals surface area contributed by atoms with Gasteiger partial charge < -0.3 is 25.1 Å². The van der Waals surface area contributed by atoms with Crippen LogP contribution in [-0.2, 0) is 51.1 Å². The summed E-state index contributed by atoms with van der Waals surface area (Å²) in [5, 5.41) is 16.8. The Balaban J connectivity index is -0.000000174. The number of aliphatic carboxylic acids is 1. The number of rotatable bonds is 21. The van der Waals surface area contributed by atoms with E-state index < -0.39 is 13.6 Å². The van der Waals surface area contributed by atoms with E-state index in [1.807, 2.05) is 6.07 Å². The number of hydrogen-bond donors (Lipinski definition) is 1. The van der Waals surface area contributed by atoms with Crippen LogP contribution < -0.4 is 0 Å². The molecule has 0 heterocycles. The van der Waals surface area contributed by atoms with E-state index in [0.717, 1.165) is 12.8 Å². The minimum Gasteiger partial charge on any atom is -2.00 e. The third-order valence-electron chi connectivity index (χ3n) is 4.80. The monoisotopic (exact) mass is 553 g/mol. The quantitative estimate of drug-likeness (QED) is 0.0657. The maximum atomic E-state index is 11.6. The molecule has 0 amide bonds. The Morgan fingerprint density at radius 1 is 0.829 bits per heavy atom. The molecule has 10 heteroatoms. The molecule has 0 saturated heterocycles. The van der Waals surface area contributed by atoms with Crippen LogP contribution >= 0.6 is 7.60 Å². The van der Waals surface area contributed by atoms with E-state index in [1.165, 1.54) is 70.6 Å². The number of unbranched alkanes of at least 4 members (excludes halogenated alkanes) is 11. The maximum Gasteiger partial charge on any atom is 4.00 e. The van der Waals surface area contributed by atoms with Crippen molar-refractivity contribution in [3.05, 3.63) is 12.2 Å². The molecular formula is C25H48NO7PTi. The summed E-state index contributed by atoms with van der Waals surface area (Å²) in [7, 11) is -2.96. The average Bonchev–Trinajstić information content (AvgIpc) is 2.75. The fourth-order valence-corrected chi connectivity index (χ4v) is 4.59. The molecule has 8 nitrogen and oxygen atoms in total. The smallest absolute Gasteiger partial charge is 2.00 e. The van der Waals surface area contributed by atoms with E-state index in [4.69, 9.17) is 19.4 Å². The van der Waals surface area contributed by atoms with Gasteiger partial charge in [-0.2, -0.15) is 5.26 Å². The number of allylic oxidation sites excluding steroid dienone is 2. The van der Waals surface area contributed by atoms with Crippen LogP contribution in [0.5, 0.6) is 0 Å². The van der Waals surface area contributed by atoms with Gasteiger partial charge in [0.05, 0.1) is 25.4 Å². The Kier molecular flexibility index (Phi) is 45.3. The van der Waals surface area contributed by atoms with Gasteiger partial charge in [-0.15, -0.1) is 0 Å². The third kappa shape index (κ3) is 38.2. The minimum atomic E-state index is -2.96. The molecule has 0 aliphatic heterocycles.